The highest BCUT2D eigenvalue weighted by Gasteiger charge is 2.30. The molecule has 2 aromatic carbocycles. The van der Waals surface area contributed by atoms with Gasteiger partial charge in [-0.25, -0.2) is 4.79 Å². The molecule has 1 saturated heterocycles. The van der Waals surface area contributed by atoms with Gasteiger partial charge >= 0.3 is 6.03 Å². The summed E-state index contributed by atoms with van der Waals surface area (Å²) in [5, 5.41) is 3.19. The highest BCUT2D eigenvalue weighted by atomic mass is 16.5. The summed E-state index contributed by atoms with van der Waals surface area (Å²) in [7, 11) is 0. The number of hydrogen-bond acceptors (Lipinski definition) is 2. The van der Waals surface area contributed by atoms with Crippen LogP contribution in [0.25, 0.3) is 0 Å². The van der Waals surface area contributed by atoms with Crippen LogP contribution in [0.1, 0.15) is 48.9 Å². The van der Waals surface area contributed by atoms with E-state index < -0.39 is 0 Å². The molecule has 4 rings (SSSR count). The summed E-state index contributed by atoms with van der Waals surface area (Å²) in [6.45, 7) is 4.38. The van der Waals surface area contributed by atoms with Gasteiger partial charge in [0.1, 0.15) is 0 Å². The predicted molar refractivity (Wildman–Crippen MR) is 111 cm³/mol. The Morgan fingerprint density at radius 1 is 1.11 bits per heavy atom. The molecule has 28 heavy (non-hydrogen) atoms. The Morgan fingerprint density at radius 2 is 1.86 bits per heavy atom. The highest BCUT2D eigenvalue weighted by Crippen LogP contribution is 2.33. The van der Waals surface area contributed by atoms with Crippen LogP contribution in [0.5, 0.6) is 0 Å². The molecule has 0 aromatic heterocycles. The Balaban J connectivity index is 1.43. The zero-order chi connectivity index (χ0) is 19.3. The summed E-state index contributed by atoms with van der Waals surface area (Å²) in [4.78, 5) is 15.1. The zero-order valence-corrected chi connectivity index (χ0v) is 16.6. The van der Waals surface area contributed by atoms with Crippen molar-refractivity contribution in [1.29, 1.82) is 0 Å². The lowest BCUT2D eigenvalue weighted by molar-refractivity contribution is 0.00109. The van der Waals surface area contributed by atoms with Crippen molar-refractivity contribution in [2.24, 2.45) is 5.92 Å². The van der Waals surface area contributed by atoms with Crippen molar-refractivity contribution in [2.45, 2.75) is 51.3 Å². The molecule has 2 amide bonds. The van der Waals surface area contributed by atoms with Gasteiger partial charge in [-0.1, -0.05) is 54.6 Å². The lowest BCUT2D eigenvalue weighted by Gasteiger charge is -2.37. The normalized spacial score (nSPS) is 24.5. The topological polar surface area (TPSA) is 41.6 Å². The van der Waals surface area contributed by atoms with Gasteiger partial charge in [0.25, 0.3) is 0 Å². The number of nitrogens with zero attached hydrogens (tertiary/aromatic N) is 1. The van der Waals surface area contributed by atoms with E-state index in [9.17, 15) is 4.79 Å². The molecule has 2 aromatic rings. The van der Waals surface area contributed by atoms with Crippen molar-refractivity contribution in [1.82, 2.24) is 10.2 Å². The Bertz CT molecular complexity index is 792. The van der Waals surface area contributed by atoms with Gasteiger partial charge < -0.3 is 15.0 Å². The maximum atomic E-state index is 13.1. The summed E-state index contributed by atoms with van der Waals surface area (Å²) in [5.41, 5.74) is 3.80. The largest absolute Gasteiger partial charge is 0.378 e. The first-order chi connectivity index (χ1) is 13.7. The van der Waals surface area contributed by atoms with Crippen LogP contribution in [0, 0.1) is 5.92 Å². The smallest absolute Gasteiger partial charge is 0.318 e. The molecule has 0 spiro atoms. The fourth-order valence-electron chi connectivity index (χ4n) is 4.55. The van der Waals surface area contributed by atoms with Crippen LogP contribution >= 0.6 is 0 Å². The third-order valence-corrected chi connectivity index (χ3v) is 6.12. The first-order valence-electron chi connectivity index (χ1n) is 10.5. The van der Waals surface area contributed by atoms with Gasteiger partial charge in [-0.3, -0.25) is 0 Å². The van der Waals surface area contributed by atoms with Gasteiger partial charge in [-0.05, 0) is 55.2 Å². The molecule has 0 saturated carbocycles. The second-order valence-corrected chi connectivity index (χ2v) is 8.12. The lowest BCUT2D eigenvalue weighted by atomic mass is 9.90. The Labute approximate surface area is 167 Å². The number of nitrogens with one attached hydrogen (secondary N) is 1. The quantitative estimate of drug-likeness (QED) is 0.838. The number of amides is 2. The SMILES string of the molecule is CC1CC(CCNC(=O)N2Cc3ccccc3CC2c2ccccc2)CCO1. The molecule has 0 bridgehead atoms. The summed E-state index contributed by atoms with van der Waals surface area (Å²) >= 11 is 0. The summed E-state index contributed by atoms with van der Waals surface area (Å²) < 4.78 is 5.63. The molecule has 4 heteroatoms. The first-order valence-corrected chi connectivity index (χ1v) is 10.5. The van der Waals surface area contributed by atoms with E-state index in [2.05, 4.69) is 60.8 Å². The van der Waals surface area contributed by atoms with E-state index in [0.29, 0.717) is 18.6 Å². The van der Waals surface area contributed by atoms with Crippen molar-refractivity contribution >= 4 is 6.03 Å². The van der Waals surface area contributed by atoms with Crippen molar-refractivity contribution in [3.05, 3.63) is 71.3 Å². The number of benzene rings is 2. The Morgan fingerprint density at radius 3 is 2.64 bits per heavy atom. The predicted octanol–water partition coefficient (Wildman–Crippen LogP) is 4.70. The highest BCUT2D eigenvalue weighted by molar-refractivity contribution is 5.75. The average molecular weight is 379 g/mol. The fraction of sp³-hybridized carbons (Fsp3) is 0.458. The van der Waals surface area contributed by atoms with E-state index in [0.717, 1.165) is 38.8 Å². The fourth-order valence-corrected chi connectivity index (χ4v) is 4.55. The average Bonchev–Trinajstić information content (AvgIpc) is 2.73. The van der Waals surface area contributed by atoms with Gasteiger partial charge in [0.15, 0.2) is 0 Å². The number of rotatable bonds is 4. The molecule has 2 aliphatic rings. The lowest BCUT2D eigenvalue weighted by Crippen LogP contribution is -2.45. The van der Waals surface area contributed by atoms with Gasteiger partial charge in [-0.15, -0.1) is 0 Å². The minimum Gasteiger partial charge on any atom is -0.378 e. The molecular formula is C24H30N2O2. The van der Waals surface area contributed by atoms with Crippen LogP contribution in [-0.2, 0) is 17.7 Å². The van der Waals surface area contributed by atoms with Crippen LogP contribution in [0.3, 0.4) is 0 Å². The number of hydrogen-bond donors (Lipinski definition) is 1. The number of ether oxygens (including phenoxy) is 1. The van der Waals surface area contributed by atoms with Crippen LogP contribution in [-0.4, -0.2) is 30.2 Å². The zero-order valence-electron chi connectivity index (χ0n) is 16.6. The molecule has 4 nitrogen and oxygen atoms in total. The molecule has 1 fully saturated rings. The third kappa shape index (κ3) is 4.39. The van der Waals surface area contributed by atoms with Crippen LogP contribution < -0.4 is 5.32 Å². The maximum Gasteiger partial charge on any atom is 0.318 e. The van der Waals surface area contributed by atoms with E-state index in [-0.39, 0.29) is 12.1 Å². The molecular weight excluding hydrogens is 348 g/mol. The Kier molecular flexibility index (Phi) is 5.96. The van der Waals surface area contributed by atoms with Gasteiger partial charge in [-0.2, -0.15) is 0 Å². The van der Waals surface area contributed by atoms with E-state index in [1.165, 1.54) is 16.7 Å². The van der Waals surface area contributed by atoms with Gasteiger partial charge in [0.2, 0.25) is 0 Å². The monoisotopic (exact) mass is 378 g/mol. The van der Waals surface area contributed by atoms with Crippen molar-refractivity contribution in [2.75, 3.05) is 13.2 Å². The van der Waals surface area contributed by atoms with Crippen LogP contribution in [0.2, 0.25) is 0 Å². The molecule has 0 aliphatic carbocycles. The van der Waals surface area contributed by atoms with Crippen molar-refractivity contribution in [3.8, 4) is 0 Å². The van der Waals surface area contributed by atoms with Crippen LogP contribution in [0.4, 0.5) is 4.79 Å². The standard InChI is InChI=1S/C24H30N2O2/c1-18-15-19(12-14-28-18)11-13-25-24(27)26-17-22-10-6-5-9-21(22)16-23(26)20-7-3-2-4-8-20/h2-10,18-19,23H,11-17H2,1H3,(H,25,27). The van der Waals surface area contributed by atoms with E-state index in [1.807, 2.05) is 11.0 Å². The minimum atomic E-state index is 0.0449. The molecule has 3 unspecified atom stereocenters. The molecule has 148 valence electrons. The second kappa shape index (κ2) is 8.78. The molecule has 1 N–H and O–H groups in total. The molecule has 2 aliphatic heterocycles. The summed E-state index contributed by atoms with van der Waals surface area (Å²) in [6.07, 6.45) is 4.43. The minimum absolute atomic E-state index is 0.0449. The van der Waals surface area contributed by atoms with Crippen LogP contribution in [0.15, 0.2) is 54.6 Å². The van der Waals surface area contributed by atoms with Crippen molar-refractivity contribution in [3.63, 3.8) is 0 Å². The second-order valence-electron chi connectivity index (χ2n) is 8.12. The number of fused-ring (bicyclic) bond motifs is 1. The molecule has 0 radical (unpaired) electrons. The first kappa shape index (κ1) is 19.0. The van der Waals surface area contributed by atoms with E-state index >= 15 is 0 Å². The number of carbonyl (C=O) groups excluding carboxylic acids is 1. The third-order valence-electron chi connectivity index (χ3n) is 6.12. The van der Waals surface area contributed by atoms with E-state index in [4.69, 9.17) is 4.74 Å². The van der Waals surface area contributed by atoms with Crippen molar-refractivity contribution < 1.29 is 9.53 Å². The van der Waals surface area contributed by atoms with Gasteiger partial charge in [0, 0.05) is 19.7 Å². The number of urea groups is 1. The number of carbonyl (C=O) groups is 1. The summed E-state index contributed by atoms with van der Waals surface area (Å²) in [5.74, 6) is 0.649. The summed E-state index contributed by atoms with van der Waals surface area (Å²) in [6, 6.07) is 19.0. The maximum absolute atomic E-state index is 13.1. The molecule has 3 atom stereocenters. The Hall–Kier alpha value is -2.33. The van der Waals surface area contributed by atoms with E-state index in [1.54, 1.807) is 0 Å². The van der Waals surface area contributed by atoms with Gasteiger partial charge in [0.05, 0.1) is 12.1 Å². The molecule has 2 heterocycles.